The summed E-state index contributed by atoms with van der Waals surface area (Å²) in [6.45, 7) is 0. The van der Waals surface area contributed by atoms with E-state index in [1.54, 1.807) is 0 Å². The Morgan fingerprint density at radius 1 is 0.912 bits per heavy atom. The first-order chi connectivity index (χ1) is 16.0. The lowest BCUT2D eigenvalue weighted by Crippen LogP contribution is -2.61. The maximum Gasteiger partial charge on any atom is 0.335 e. The molecular weight excluding hydrogens is 460 g/mol. The van der Waals surface area contributed by atoms with Gasteiger partial charge in [0.15, 0.2) is 23.4 Å². The van der Waals surface area contributed by atoms with Crippen molar-refractivity contribution in [3.63, 3.8) is 0 Å². The zero-order valence-corrected chi connectivity index (χ0v) is 16.9. The SMILES string of the molecule is O=C(O)[C@H]1OC(Oc2ccc(-c3oc4cc(O)cc(O)c4c(=O)c3O)cc2O)[C@H](O)[C@@H](O)[C@@H]1O. The van der Waals surface area contributed by atoms with Gasteiger partial charge in [0.1, 0.15) is 40.8 Å². The molecular formula is C21H18O13. The quantitative estimate of drug-likeness (QED) is 0.238. The fourth-order valence-electron chi connectivity index (χ4n) is 3.50. The number of carbonyl (C=O) groups is 1. The molecule has 2 aromatic carbocycles. The highest BCUT2D eigenvalue weighted by Gasteiger charge is 2.48. The Kier molecular flexibility index (Phi) is 5.70. The average Bonchev–Trinajstić information content (AvgIpc) is 2.77. The Bertz CT molecular complexity index is 1330. The van der Waals surface area contributed by atoms with Crippen molar-refractivity contribution in [3.05, 3.63) is 40.6 Å². The highest BCUT2D eigenvalue weighted by molar-refractivity contribution is 5.88. The fraction of sp³-hybridized carbons (Fsp3) is 0.238. The summed E-state index contributed by atoms with van der Waals surface area (Å²) in [5.41, 5.74) is -1.28. The molecule has 1 saturated heterocycles. The molecule has 0 bridgehead atoms. The fourth-order valence-corrected chi connectivity index (χ4v) is 3.50. The van der Waals surface area contributed by atoms with Gasteiger partial charge >= 0.3 is 5.97 Å². The van der Waals surface area contributed by atoms with Crippen LogP contribution in [0.25, 0.3) is 22.3 Å². The van der Waals surface area contributed by atoms with Crippen LogP contribution in [-0.4, -0.2) is 77.5 Å². The molecule has 0 amide bonds. The highest BCUT2D eigenvalue weighted by Crippen LogP contribution is 2.39. The average molecular weight is 478 g/mol. The van der Waals surface area contributed by atoms with E-state index in [4.69, 9.17) is 19.0 Å². The zero-order valence-electron chi connectivity index (χ0n) is 16.9. The molecule has 0 aliphatic carbocycles. The van der Waals surface area contributed by atoms with E-state index in [1.165, 1.54) is 6.07 Å². The van der Waals surface area contributed by atoms with Gasteiger partial charge in [-0.3, -0.25) is 4.79 Å². The summed E-state index contributed by atoms with van der Waals surface area (Å²) in [5.74, 6) is -4.92. The molecule has 1 aromatic heterocycles. The number of aliphatic carboxylic acids is 1. The van der Waals surface area contributed by atoms with Crippen LogP contribution < -0.4 is 10.2 Å². The zero-order chi connectivity index (χ0) is 24.9. The number of carboxylic acid groups (broad SMARTS) is 1. The largest absolute Gasteiger partial charge is 0.508 e. The molecule has 0 radical (unpaired) electrons. The first kappa shape index (κ1) is 23.1. The molecule has 1 unspecified atom stereocenters. The summed E-state index contributed by atoms with van der Waals surface area (Å²) in [6.07, 6.45) is -9.41. The van der Waals surface area contributed by atoms with E-state index in [0.717, 1.165) is 24.3 Å². The standard InChI is InChI=1S/C21H18O13/c22-7-4-9(24)12-11(5-7)32-18(15(27)13(12)25)6-1-2-10(8(23)3-6)33-21-17(29)14(26)16(28)19(34-21)20(30)31/h1-5,14,16-17,19,21-24,26-29H,(H,30,31)/t14-,16-,17+,19-,21?/m0/s1. The third-order valence-electron chi connectivity index (χ3n) is 5.21. The molecule has 0 spiro atoms. The van der Waals surface area contributed by atoms with E-state index >= 15 is 0 Å². The highest BCUT2D eigenvalue weighted by atomic mass is 16.7. The van der Waals surface area contributed by atoms with Gasteiger partial charge < -0.3 is 54.7 Å². The van der Waals surface area contributed by atoms with Crippen molar-refractivity contribution in [1.29, 1.82) is 0 Å². The number of benzene rings is 2. The van der Waals surface area contributed by atoms with Crippen LogP contribution in [0, 0.1) is 0 Å². The first-order valence-electron chi connectivity index (χ1n) is 9.64. The van der Waals surface area contributed by atoms with Crippen molar-refractivity contribution in [1.82, 2.24) is 0 Å². The molecule has 0 saturated carbocycles. The minimum absolute atomic E-state index is 0.0341. The van der Waals surface area contributed by atoms with Gasteiger partial charge in [0, 0.05) is 17.7 Å². The lowest BCUT2D eigenvalue weighted by Gasteiger charge is -2.38. The molecule has 1 aliphatic heterocycles. The van der Waals surface area contributed by atoms with Crippen LogP contribution >= 0.6 is 0 Å². The van der Waals surface area contributed by atoms with Gasteiger partial charge in [-0.25, -0.2) is 4.79 Å². The second-order valence-corrected chi connectivity index (χ2v) is 7.48. The number of ether oxygens (including phenoxy) is 2. The van der Waals surface area contributed by atoms with Gasteiger partial charge in [0.25, 0.3) is 0 Å². The van der Waals surface area contributed by atoms with Crippen LogP contribution in [0.3, 0.4) is 0 Å². The van der Waals surface area contributed by atoms with E-state index in [0.29, 0.717) is 0 Å². The number of aromatic hydroxyl groups is 4. The lowest BCUT2D eigenvalue weighted by molar-refractivity contribution is -0.271. The summed E-state index contributed by atoms with van der Waals surface area (Å²) in [4.78, 5) is 23.7. The third-order valence-corrected chi connectivity index (χ3v) is 5.21. The van der Waals surface area contributed by atoms with Crippen LogP contribution in [0.4, 0.5) is 0 Å². The maximum absolute atomic E-state index is 12.5. The maximum atomic E-state index is 12.5. The second kappa shape index (κ2) is 8.39. The molecule has 3 aromatic rings. The van der Waals surface area contributed by atoms with E-state index in [2.05, 4.69) is 0 Å². The second-order valence-electron chi connectivity index (χ2n) is 7.48. The van der Waals surface area contributed by atoms with Crippen molar-refractivity contribution < 1.29 is 59.5 Å². The minimum atomic E-state index is -1.93. The molecule has 1 aliphatic rings. The summed E-state index contributed by atoms with van der Waals surface area (Å²) in [6, 6.07) is 5.26. The molecule has 34 heavy (non-hydrogen) atoms. The van der Waals surface area contributed by atoms with Crippen molar-refractivity contribution >= 4 is 16.9 Å². The number of aliphatic hydroxyl groups is 3. The summed E-state index contributed by atoms with van der Waals surface area (Å²) < 4.78 is 15.7. The van der Waals surface area contributed by atoms with E-state index in [1.807, 2.05) is 0 Å². The lowest BCUT2D eigenvalue weighted by atomic mass is 9.99. The molecule has 13 heteroatoms. The van der Waals surface area contributed by atoms with E-state index in [9.17, 15) is 45.3 Å². The van der Waals surface area contributed by atoms with Gasteiger partial charge in [0.2, 0.25) is 17.5 Å². The number of phenols is 3. The number of rotatable bonds is 4. The van der Waals surface area contributed by atoms with Crippen LogP contribution in [0.5, 0.6) is 28.7 Å². The van der Waals surface area contributed by atoms with Gasteiger partial charge in [-0.2, -0.15) is 0 Å². The normalized spacial score (nSPS) is 24.7. The summed E-state index contributed by atoms with van der Waals surface area (Å²) >= 11 is 0. The Labute approximate surface area is 188 Å². The molecule has 2 heterocycles. The van der Waals surface area contributed by atoms with E-state index in [-0.39, 0.29) is 22.3 Å². The van der Waals surface area contributed by atoms with Gasteiger partial charge in [-0.15, -0.1) is 0 Å². The first-order valence-corrected chi connectivity index (χ1v) is 9.64. The van der Waals surface area contributed by atoms with E-state index < -0.39 is 70.9 Å². The van der Waals surface area contributed by atoms with Crippen molar-refractivity contribution in [2.75, 3.05) is 0 Å². The van der Waals surface area contributed by atoms with Crippen LogP contribution in [0.15, 0.2) is 39.5 Å². The van der Waals surface area contributed by atoms with Crippen LogP contribution in [0.1, 0.15) is 0 Å². The Hall–Kier alpha value is -4.04. The van der Waals surface area contributed by atoms with Gasteiger partial charge in [-0.1, -0.05) is 0 Å². The number of aliphatic hydroxyl groups excluding tert-OH is 3. The topological polar surface area (TPSA) is 228 Å². The summed E-state index contributed by atoms with van der Waals surface area (Å²) in [5, 5.41) is 78.5. The summed E-state index contributed by atoms with van der Waals surface area (Å²) in [7, 11) is 0. The number of hydrogen-bond donors (Lipinski definition) is 8. The Balaban J connectivity index is 1.68. The molecule has 8 N–H and O–H groups in total. The monoisotopic (exact) mass is 478 g/mol. The predicted octanol–water partition coefficient (Wildman–Crippen LogP) is -0.447. The Morgan fingerprint density at radius 3 is 2.26 bits per heavy atom. The minimum Gasteiger partial charge on any atom is -0.508 e. The van der Waals surface area contributed by atoms with Gasteiger partial charge in [-0.05, 0) is 18.2 Å². The number of carboxylic acids is 1. The molecule has 5 atom stereocenters. The Morgan fingerprint density at radius 2 is 1.62 bits per heavy atom. The van der Waals surface area contributed by atoms with Crippen molar-refractivity contribution in [2.45, 2.75) is 30.7 Å². The van der Waals surface area contributed by atoms with Crippen LogP contribution in [-0.2, 0) is 9.53 Å². The van der Waals surface area contributed by atoms with Crippen molar-refractivity contribution in [2.24, 2.45) is 0 Å². The number of fused-ring (bicyclic) bond motifs is 1. The van der Waals surface area contributed by atoms with Crippen LogP contribution in [0.2, 0.25) is 0 Å². The molecule has 4 rings (SSSR count). The van der Waals surface area contributed by atoms with Crippen molar-refractivity contribution in [3.8, 4) is 40.1 Å². The number of hydrogen-bond acceptors (Lipinski definition) is 12. The third kappa shape index (κ3) is 3.82. The molecule has 13 nitrogen and oxygen atoms in total. The van der Waals surface area contributed by atoms with Gasteiger partial charge in [0.05, 0.1) is 0 Å². The predicted molar refractivity (Wildman–Crippen MR) is 110 cm³/mol. The smallest absolute Gasteiger partial charge is 0.335 e. The molecule has 1 fully saturated rings. The molecule has 180 valence electrons. The number of phenolic OH excluding ortho intramolecular Hbond substituents is 3.